The van der Waals surface area contributed by atoms with Gasteiger partial charge in [-0.25, -0.2) is 8.42 Å². The number of sulfone groups is 1. The van der Waals surface area contributed by atoms with Crippen molar-refractivity contribution in [3.05, 3.63) is 57.3 Å². The first-order valence-corrected chi connectivity index (χ1v) is 7.54. The first-order valence-electron chi connectivity index (χ1n) is 5.30. The van der Waals surface area contributed by atoms with Gasteiger partial charge in [0.05, 0.1) is 16.2 Å². The minimum Gasteiger partial charge on any atom is -0.465 e. The Hall–Kier alpha value is -1.74. The molecule has 1 aromatic heterocycles. The molecule has 7 heteroatoms. The molecule has 2 rings (SSSR count). The molecule has 0 aliphatic rings. The van der Waals surface area contributed by atoms with E-state index < -0.39 is 14.7 Å². The lowest BCUT2D eigenvalue weighted by atomic mass is 10.4. The van der Waals surface area contributed by atoms with Gasteiger partial charge < -0.3 is 4.42 Å². The number of nitrogens with zero attached hydrogens (tertiary/aromatic N) is 1. The summed E-state index contributed by atoms with van der Waals surface area (Å²) in [6, 6.07) is 8.78. The van der Waals surface area contributed by atoms with Crippen molar-refractivity contribution < 1.29 is 12.8 Å². The second-order valence-electron chi connectivity index (χ2n) is 3.71. The van der Waals surface area contributed by atoms with Crippen LogP contribution >= 0.6 is 23.2 Å². The van der Waals surface area contributed by atoms with Gasteiger partial charge in [-0.2, -0.15) is 5.26 Å². The van der Waals surface area contributed by atoms with Crippen molar-refractivity contribution in [2.45, 2.75) is 4.90 Å². The zero-order valence-corrected chi connectivity index (χ0v) is 12.2. The van der Waals surface area contributed by atoms with Crippen LogP contribution in [-0.2, 0) is 9.84 Å². The number of rotatable bonds is 3. The van der Waals surface area contributed by atoms with E-state index in [4.69, 9.17) is 32.9 Å². The van der Waals surface area contributed by atoms with Crippen LogP contribution in [0.2, 0.25) is 10.0 Å². The lowest BCUT2D eigenvalue weighted by Crippen LogP contribution is -2.04. The molecule has 0 bridgehead atoms. The van der Waals surface area contributed by atoms with Crippen molar-refractivity contribution in [3.8, 4) is 6.07 Å². The summed E-state index contributed by atoms with van der Waals surface area (Å²) in [5, 5.41) is 9.27. The lowest BCUT2D eigenvalue weighted by Gasteiger charge is -2.05. The largest absolute Gasteiger partial charge is 0.465 e. The molecule has 0 spiro atoms. The highest BCUT2D eigenvalue weighted by atomic mass is 35.5. The van der Waals surface area contributed by atoms with Crippen LogP contribution in [0.1, 0.15) is 5.76 Å². The predicted octanol–water partition coefficient (Wildman–Crippen LogP) is 3.92. The molecule has 0 saturated heterocycles. The van der Waals surface area contributed by atoms with Crippen LogP contribution in [0.5, 0.6) is 0 Å². The topological polar surface area (TPSA) is 71.1 Å². The Labute approximate surface area is 125 Å². The Kier molecular flexibility index (Phi) is 4.19. The van der Waals surface area contributed by atoms with Crippen molar-refractivity contribution in [1.82, 2.24) is 0 Å². The molecule has 0 radical (unpaired) electrons. The number of nitriles is 1. The SMILES string of the molecule is N#CC(=Cc1ccco1)S(=O)(=O)c1cc(Cl)ccc1Cl. The fraction of sp³-hybridized carbons (Fsp3) is 0. The van der Waals surface area contributed by atoms with Gasteiger partial charge in [0.2, 0.25) is 9.84 Å². The first kappa shape index (κ1) is 14.7. The molecular weight excluding hydrogens is 321 g/mol. The average molecular weight is 328 g/mol. The quantitative estimate of drug-likeness (QED) is 0.801. The van der Waals surface area contributed by atoms with Gasteiger partial charge in [-0.3, -0.25) is 0 Å². The Morgan fingerprint density at radius 2 is 2.05 bits per heavy atom. The third-order valence-corrected chi connectivity index (χ3v) is 4.78. The van der Waals surface area contributed by atoms with Crippen LogP contribution < -0.4 is 0 Å². The summed E-state index contributed by atoms with van der Waals surface area (Å²) in [7, 11) is -4.06. The number of allylic oxidation sites excluding steroid dienone is 1. The molecule has 102 valence electrons. The first-order chi connectivity index (χ1) is 9.45. The zero-order chi connectivity index (χ0) is 14.8. The summed E-state index contributed by atoms with van der Waals surface area (Å²) in [4.78, 5) is -0.692. The summed E-state index contributed by atoms with van der Waals surface area (Å²) in [6.07, 6.45) is 2.51. The summed E-state index contributed by atoms with van der Waals surface area (Å²) < 4.78 is 29.8. The summed E-state index contributed by atoms with van der Waals surface area (Å²) in [5.74, 6) is 0.253. The highest BCUT2D eigenvalue weighted by Gasteiger charge is 2.24. The molecule has 20 heavy (non-hydrogen) atoms. The minimum atomic E-state index is -4.06. The lowest BCUT2D eigenvalue weighted by molar-refractivity contribution is 0.556. The van der Waals surface area contributed by atoms with Crippen LogP contribution in [0, 0.1) is 11.3 Å². The van der Waals surface area contributed by atoms with Crippen LogP contribution in [0.15, 0.2) is 50.8 Å². The van der Waals surface area contributed by atoms with Gasteiger partial charge in [0, 0.05) is 11.1 Å². The Balaban J connectivity index is 2.59. The van der Waals surface area contributed by atoms with E-state index in [-0.39, 0.29) is 20.7 Å². The van der Waals surface area contributed by atoms with Gasteiger partial charge in [-0.05, 0) is 30.3 Å². The Bertz CT molecular complexity index is 803. The van der Waals surface area contributed by atoms with Gasteiger partial charge in [-0.15, -0.1) is 0 Å². The average Bonchev–Trinajstić information content (AvgIpc) is 2.91. The fourth-order valence-corrected chi connectivity index (χ4v) is 3.37. The molecule has 2 aromatic rings. The van der Waals surface area contributed by atoms with Crippen molar-refractivity contribution in [2.75, 3.05) is 0 Å². The van der Waals surface area contributed by atoms with E-state index >= 15 is 0 Å². The zero-order valence-electron chi connectivity index (χ0n) is 9.88. The maximum absolute atomic E-state index is 12.4. The Morgan fingerprint density at radius 3 is 2.65 bits per heavy atom. The molecule has 0 fully saturated rings. The molecule has 0 aliphatic heterocycles. The molecule has 0 aliphatic carbocycles. The van der Waals surface area contributed by atoms with Crippen LogP contribution in [0.3, 0.4) is 0 Å². The molecule has 1 heterocycles. The second kappa shape index (κ2) is 5.71. The maximum Gasteiger partial charge on any atom is 0.218 e. The van der Waals surface area contributed by atoms with Crippen molar-refractivity contribution in [1.29, 1.82) is 5.26 Å². The maximum atomic E-state index is 12.4. The van der Waals surface area contributed by atoms with Crippen molar-refractivity contribution in [3.63, 3.8) is 0 Å². The number of furan rings is 1. The highest BCUT2D eigenvalue weighted by Crippen LogP contribution is 2.30. The second-order valence-corrected chi connectivity index (χ2v) is 6.44. The fourth-order valence-electron chi connectivity index (χ4n) is 1.47. The van der Waals surface area contributed by atoms with E-state index in [1.165, 1.54) is 30.5 Å². The van der Waals surface area contributed by atoms with Gasteiger partial charge in [-0.1, -0.05) is 23.2 Å². The Morgan fingerprint density at radius 1 is 1.30 bits per heavy atom. The highest BCUT2D eigenvalue weighted by molar-refractivity contribution is 7.95. The van der Waals surface area contributed by atoms with Gasteiger partial charge in [0.25, 0.3) is 0 Å². The third-order valence-electron chi connectivity index (χ3n) is 2.40. The predicted molar refractivity (Wildman–Crippen MR) is 75.9 cm³/mol. The van der Waals surface area contributed by atoms with E-state index in [1.807, 2.05) is 0 Å². The molecular formula is C13H7Cl2NO3S. The van der Waals surface area contributed by atoms with E-state index in [1.54, 1.807) is 12.1 Å². The van der Waals surface area contributed by atoms with Gasteiger partial charge in [0.1, 0.15) is 11.8 Å². The summed E-state index contributed by atoms with van der Waals surface area (Å²) in [5.41, 5.74) is 0. The molecule has 0 N–H and O–H groups in total. The van der Waals surface area contributed by atoms with E-state index in [0.717, 1.165) is 6.08 Å². The molecule has 0 unspecified atom stereocenters. The normalized spacial score (nSPS) is 12.2. The molecule has 1 aromatic carbocycles. The van der Waals surface area contributed by atoms with Crippen molar-refractivity contribution >= 4 is 39.1 Å². The smallest absolute Gasteiger partial charge is 0.218 e. The summed E-state index contributed by atoms with van der Waals surface area (Å²) >= 11 is 11.6. The number of hydrogen-bond acceptors (Lipinski definition) is 4. The van der Waals surface area contributed by atoms with Crippen LogP contribution in [0.25, 0.3) is 6.08 Å². The van der Waals surface area contributed by atoms with Crippen LogP contribution in [0.4, 0.5) is 0 Å². The van der Waals surface area contributed by atoms with E-state index in [0.29, 0.717) is 0 Å². The number of hydrogen-bond donors (Lipinski definition) is 0. The van der Waals surface area contributed by atoms with Crippen molar-refractivity contribution in [2.24, 2.45) is 0 Å². The monoisotopic (exact) mass is 327 g/mol. The van der Waals surface area contributed by atoms with Crippen LogP contribution in [-0.4, -0.2) is 8.42 Å². The molecule has 0 saturated carbocycles. The van der Waals surface area contributed by atoms with Gasteiger partial charge >= 0.3 is 0 Å². The minimum absolute atomic E-state index is 0.00463. The molecule has 4 nitrogen and oxygen atoms in total. The van der Waals surface area contributed by atoms with E-state index in [2.05, 4.69) is 0 Å². The molecule has 0 amide bonds. The number of halogens is 2. The van der Waals surface area contributed by atoms with E-state index in [9.17, 15) is 8.42 Å². The van der Waals surface area contributed by atoms with Gasteiger partial charge in [0.15, 0.2) is 4.91 Å². The summed E-state index contributed by atoms with van der Waals surface area (Å²) in [6.45, 7) is 0. The third kappa shape index (κ3) is 2.88. The standard InChI is InChI=1S/C13H7Cl2NO3S/c14-9-3-4-12(15)13(6-9)20(17,18)11(8-16)7-10-2-1-5-19-10/h1-7H. The number of benzene rings is 1. The molecule has 0 atom stereocenters.